The summed E-state index contributed by atoms with van der Waals surface area (Å²) in [6.45, 7) is 3.49. The highest BCUT2D eigenvalue weighted by Gasteiger charge is 2.15. The fourth-order valence-corrected chi connectivity index (χ4v) is 1.82. The number of nitrogens with zero attached hydrogens (tertiary/aromatic N) is 1. The van der Waals surface area contributed by atoms with Crippen LogP contribution in [0.4, 0.5) is 5.69 Å². The van der Waals surface area contributed by atoms with Gasteiger partial charge in [-0.15, -0.1) is 17.0 Å². The van der Waals surface area contributed by atoms with Crippen molar-refractivity contribution in [2.75, 3.05) is 31.1 Å². The first-order chi connectivity index (χ1) is 7.68. The first-order valence-corrected chi connectivity index (χ1v) is 5.20. The van der Waals surface area contributed by atoms with Crippen LogP contribution in [0.1, 0.15) is 10.4 Å². The van der Waals surface area contributed by atoms with Crippen LogP contribution >= 0.6 is 17.0 Å². The van der Waals surface area contributed by atoms with Crippen molar-refractivity contribution >= 4 is 28.6 Å². The number of hydrogen-bond donors (Lipinski definition) is 3. The molecule has 0 aromatic heterocycles. The molecule has 1 aromatic rings. The second-order valence-corrected chi connectivity index (χ2v) is 3.74. The summed E-state index contributed by atoms with van der Waals surface area (Å²) in [5.41, 5.74) is 0.799. The van der Waals surface area contributed by atoms with Crippen LogP contribution in [-0.2, 0) is 0 Å². The molecular weight excluding hydrogens is 288 g/mol. The van der Waals surface area contributed by atoms with Crippen molar-refractivity contribution in [2.24, 2.45) is 0 Å². The summed E-state index contributed by atoms with van der Waals surface area (Å²) >= 11 is 0. The quantitative estimate of drug-likeness (QED) is 0.762. The highest BCUT2D eigenvalue weighted by Crippen LogP contribution is 2.24. The average Bonchev–Trinajstić information content (AvgIpc) is 2.30. The number of phenols is 1. The van der Waals surface area contributed by atoms with Crippen LogP contribution in [0.2, 0.25) is 0 Å². The third-order valence-electron chi connectivity index (χ3n) is 2.69. The van der Waals surface area contributed by atoms with Gasteiger partial charge in [0.05, 0.1) is 0 Å². The molecule has 0 unspecified atom stereocenters. The summed E-state index contributed by atoms with van der Waals surface area (Å²) in [4.78, 5) is 13.0. The number of carbonyl (C=O) groups is 1. The second kappa shape index (κ2) is 5.88. The van der Waals surface area contributed by atoms with E-state index in [0.29, 0.717) is 0 Å². The summed E-state index contributed by atoms with van der Waals surface area (Å²) in [7, 11) is 0. The maximum Gasteiger partial charge on any atom is 0.339 e. The molecule has 0 amide bonds. The predicted molar refractivity (Wildman–Crippen MR) is 70.5 cm³/mol. The second-order valence-electron chi connectivity index (χ2n) is 3.74. The molecule has 3 N–H and O–H groups in total. The molecule has 0 saturated carbocycles. The Morgan fingerprint density at radius 2 is 1.94 bits per heavy atom. The summed E-state index contributed by atoms with van der Waals surface area (Å²) < 4.78 is 0. The highest BCUT2D eigenvalue weighted by atomic mass is 79.9. The van der Waals surface area contributed by atoms with Crippen molar-refractivity contribution in [1.29, 1.82) is 0 Å². The summed E-state index contributed by atoms with van der Waals surface area (Å²) in [6, 6.07) is 4.69. The minimum Gasteiger partial charge on any atom is -0.507 e. The molecule has 17 heavy (non-hydrogen) atoms. The Kier molecular flexibility index (Phi) is 4.77. The zero-order chi connectivity index (χ0) is 11.5. The average molecular weight is 303 g/mol. The normalized spacial score (nSPS) is 15.2. The Balaban J connectivity index is 0.00000144. The van der Waals surface area contributed by atoms with E-state index in [4.69, 9.17) is 5.11 Å². The molecule has 0 spiro atoms. The number of halogens is 1. The van der Waals surface area contributed by atoms with Crippen molar-refractivity contribution in [2.45, 2.75) is 0 Å². The number of aromatic carboxylic acids is 1. The zero-order valence-electron chi connectivity index (χ0n) is 9.22. The van der Waals surface area contributed by atoms with E-state index in [1.54, 1.807) is 6.07 Å². The molecule has 1 saturated heterocycles. The Bertz CT molecular complexity index is 406. The Labute approximate surface area is 110 Å². The van der Waals surface area contributed by atoms with Crippen LogP contribution in [0.25, 0.3) is 0 Å². The highest BCUT2D eigenvalue weighted by molar-refractivity contribution is 8.93. The van der Waals surface area contributed by atoms with Gasteiger partial charge in [-0.1, -0.05) is 0 Å². The van der Waals surface area contributed by atoms with Crippen molar-refractivity contribution in [1.82, 2.24) is 5.32 Å². The SMILES string of the molecule is Br.O=C(O)c1cc(N2CCNCC2)ccc1O. The topological polar surface area (TPSA) is 72.8 Å². The van der Waals surface area contributed by atoms with Crippen LogP contribution in [0.5, 0.6) is 5.75 Å². The lowest BCUT2D eigenvalue weighted by atomic mass is 10.1. The third-order valence-corrected chi connectivity index (χ3v) is 2.69. The number of rotatable bonds is 2. The number of aromatic hydroxyl groups is 1. The van der Waals surface area contributed by atoms with E-state index in [1.807, 2.05) is 0 Å². The van der Waals surface area contributed by atoms with Crippen molar-refractivity contribution in [3.63, 3.8) is 0 Å². The monoisotopic (exact) mass is 302 g/mol. The molecule has 2 rings (SSSR count). The van der Waals surface area contributed by atoms with Crippen molar-refractivity contribution < 1.29 is 15.0 Å². The molecule has 1 aromatic carbocycles. The number of hydrogen-bond acceptors (Lipinski definition) is 4. The van der Waals surface area contributed by atoms with Gasteiger partial charge in [-0.05, 0) is 18.2 Å². The van der Waals surface area contributed by atoms with E-state index in [2.05, 4.69) is 10.2 Å². The maximum absolute atomic E-state index is 10.9. The van der Waals surface area contributed by atoms with Crippen LogP contribution in [0.3, 0.4) is 0 Å². The largest absolute Gasteiger partial charge is 0.507 e. The molecule has 1 heterocycles. The molecular formula is C11H15BrN2O3. The molecule has 0 aliphatic carbocycles. The lowest BCUT2D eigenvalue weighted by molar-refractivity contribution is 0.0694. The number of anilines is 1. The zero-order valence-corrected chi connectivity index (χ0v) is 10.9. The lowest BCUT2D eigenvalue weighted by Crippen LogP contribution is -2.43. The van der Waals surface area contributed by atoms with Gasteiger partial charge in [0.2, 0.25) is 0 Å². The van der Waals surface area contributed by atoms with Crippen molar-refractivity contribution in [3.8, 4) is 5.75 Å². The molecule has 0 radical (unpaired) electrons. The molecule has 0 atom stereocenters. The maximum atomic E-state index is 10.9. The molecule has 6 heteroatoms. The number of piperazine rings is 1. The molecule has 1 fully saturated rings. The van der Waals surface area contributed by atoms with Gasteiger partial charge in [-0.2, -0.15) is 0 Å². The summed E-state index contributed by atoms with van der Waals surface area (Å²) in [6.07, 6.45) is 0. The fourth-order valence-electron chi connectivity index (χ4n) is 1.82. The van der Waals surface area contributed by atoms with Crippen LogP contribution < -0.4 is 10.2 Å². The van der Waals surface area contributed by atoms with E-state index in [1.165, 1.54) is 12.1 Å². The first kappa shape index (κ1) is 13.8. The van der Waals surface area contributed by atoms with E-state index in [9.17, 15) is 9.90 Å². The number of carboxylic acid groups (broad SMARTS) is 1. The first-order valence-electron chi connectivity index (χ1n) is 5.20. The summed E-state index contributed by atoms with van der Waals surface area (Å²) in [5.74, 6) is -1.29. The van der Waals surface area contributed by atoms with Gasteiger partial charge >= 0.3 is 5.97 Å². The predicted octanol–water partition coefficient (Wildman–Crippen LogP) is 1.08. The minimum atomic E-state index is -1.10. The standard InChI is InChI=1S/C11H14N2O3.BrH/c14-10-2-1-8(7-9(10)11(15)16)13-5-3-12-4-6-13;/h1-2,7,12,14H,3-6H2,(H,15,16);1H. The number of benzene rings is 1. The fraction of sp³-hybridized carbons (Fsp3) is 0.364. The van der Waals surface area contributed by atoms with Gasteiger partial charge in [0.1, 0.15) is 11.3 Å². The van der Waals surface area contributed by atoms with E-state index in [0.717, 1.165) is 31.9 Å². The van der Waals surface area contributed by atoms with Gasteiger partial charge in [0.25, 0.3) is 0 Å². The smallest absolute Gasteiger partial charge is 0.339 e. The van der Waals surface area contributed by atoms with Crippen LogP contribution in [-0.4, -0.2) is 42.4 Å². The van der Waals surface area contributed by atoms with E-state index >= 15 is 0 Å². The van der Waals surface area contributed by atoms with E-state index in [-0.39, 0.29) is 28.3 Å². The third kappa shape index (κ3) is 3.10. The molecule has 1 aliphatic heterocycles. The Hall–Kier alpha value is -1.27. The number of nitrogens with one attached hydrogen (secondary N) is 1. The molecule has 5 nitrogen and oxygen atoms in total. The van der Waals surface area contributed by atoms with Gasteiger partial charge in [-0.3, -0.25) is 0 Å². The summed E-state index contributed by atoms with van der Waals surface area (Å²) in [5, 5.41) is 21.5. The number of carboxylic acids is 1. The van der Waals surface area contributed by atoms with Gasteiger partial charge in [-0.25, -0.2) is 4.79 Å². The van der Waals surface area contributed by atoms with Crippen LogP contribution in [0.15, 0.2) is 18.2 Å². The van der Waals surface area contributed by atoms with Crippen LogP contribution in [0, 0.1) is 0 Å². The molecule has 0 bridgehead atoms. The van der Waals surface area contributed by atoms with E-state index < -0.39 is 5.97 Å². The Morgan fingerprint density at radius 1 is 1.29 bits per heavy atom. The van der Waals surface area contributed by atoms with Gasteiger partial charge in [0.15, 0.2) is 0 Å². The minimum absolute atomic E-state index is 0. The molecule has 94 valence electrons. The van der Waals surface area contributed by atoms with Gasteiger partial charge in [0, 0.05) is 31.9 Å². The Morgan fingerprint density at radius 3 is 2.53 bits per heavy atom. The van der Waals surface area contributed by atoms with Gasteiger partial charge < -0.3 is 20.4 Å². The lowest BCUT2D eigenvalue weighted by Gasteiger charge is -2.29. The van der Waals surface area contributed by atoms with Crippen molar-refractivity contribution in [3.05, 3.63) is 23.8 Å². The molecule has 1 aliphatic rings.